The molecule has 0 aliphatic rings. The number of aromatic nitrogens is 2. The van der Waals surface area contributed by atoms with Gasteiger partial charge in [0, 0.05) is 18.3 Å². The first-order chi connectivity index (χ1) is 10.2. The molecule has 1 amide bonds. The van der Waals surface area contributed by atoms with Gasteiger partial charge in [0.25, 0.3) is 0 Å². The molecule has 0 unspecified atom stereocenters. The van der Waals surface area contributed by atoms with Crippen molar-refractivity contribution in [1.29, 1.82) is 0 Å². The van der Waals surface area contributed by atoms with Crippen LogP contribution in [0.1, 0.15) is 5.56 Å². The molecule has 0 aliphatic carbocycles. The number of likely N-dealkylation sites (N-methyl/N-ethyl adjacent to an activating group) is 1. The Labute approximate surface area is 124 Å². The normalized spacial score (nSPS) is 10.3. The highest BCUT2D eigenvalue weighted by molar-refractivity contribution is 5.78. The minimum absolute atomic E-state index is 0.0779. The number of carbonyl (C=O) groups excluding carboxylic acids is 1. The summed E-state index contributed by atoms with van der Waals surface area (Å²) < 4.78 is 1.82. The van der Waals surface area contributed by atoms with Crippen molar-refractivity contribution in [2.24, 2.45) is 0 Å². The lowest BCUT2D eigenvalue weighted by Gasteiger charge is -2.14. The van der Waals surface area contributed by atoms with Crippen molar-refractivity contribution in [3.8, 4) is 18.0 Å². The fourth-order valence-corrected chi connectivity index (χ4v) is 1.98. The van der Waals surface area contributed by atoms with E-state index in [0.29, 0.717) is 13.1 Å². The maximum absolute atomic E-state index is 11.6. The van der Waals surface area contributed by atoms with Gasteiger partial charge in [0.2, 0.25) is 5.91 Å². The Kier molecular flexibility index (Phi) is 5.13. The SMILES string of the molecule is C#CCNC(=O)CN(C)Cc1cnn(-c2ccccc2)c1. The van der Waals surface area contributed by atoms with Gasteiger partial charge in [0.1, 0.15) is 0 Å². The average Bonchev–Trinajstić information content (AvgIpc) is 2.94. The highest BCUT2D eigenvalue weighted by Gasteiger charge is 2.08. The van der Waals surface area contributed by atoms with Gasteiger partial charge in [0.05, 0.1) is 25.0 Å². The zero-order chi connectivity index (χ0) is 15.1. The average molecular weight is 282 g/mol. The number of hydrogen-bond acceptors (Lipinski definition) is 3. The van der Waals surface area contributed by atoms with Gasteiger partial charge in [0.15, 0.2) is 0 Å². The van der Waals surface area contributed by atoms with Gasteiger partial charge in [-0.15, -0.1) is 6.42 Å². The molecule has 0 radical (unpaired) electrons. The largest absolute Gasteiger partial charge is 0.344 e. The zero-order valence-corrected chi connectivity index (χ0v) is 12.0. The van der Waals surface area contributed by atoms with Crippen molar-refractivity contribution in [2.45, 2.75) is 6.54 Å². The van der Waals surface area contributed by atoms with Crippen LogP contribution in [0.4, 0.5) is 0 Å². The lowest BCUT2D eigenvalue weighted by atomic mass is 10.3. The van der Waals surface area contributed by atoms with Crippen molar-refractivity contribution < 1.29 is 4.79 Å². The molecule has 0 saturated heterocycles. The van der Waals surface area contributed by atoms with Crippen LogP contribution in [-0.2, 0) is 11.3 Å². The number of carbonyl (C=O) groups is 1. The van der Waals surface area contributed by atoms with Gasteiger partial charge in [-0.1, -0.05) is 24.1 Å². The zero-order valence-electron chi connectivity index (χ0n) is 12.0. The number of amides is 1. The highest BCUT2D eigenvalue weighted by Crippen LogP contribution is 2.08. The lowest BCUT2D eigenvalue weighted by molar-refractivity contribution is -0.121. The summed E-state index contributed by atoms with van der Waals surface area (Å²) in [4.78, 5) is 13.5. The summed E-state index contributed by atoms with van der Waals surface area (Å²) in [6.45, 7) is 1.22. The Bertz CT molecular complexity index is 627. The van der Waals surface area contributed by atoms with Gasteiger partial charge in [-0.05, 0) is 19.2 Å². The number of para-hydroxylation sites is 1. The molecule has 0 saturated carbocycles. The molecule has 2 aromatic rings. The molecule has 1 aromatic carbocycles. The molecule has 1 aromatic heterocycles. The van der Waals surface area contributed by atoms with E-state index in [2.05, 4.69) is 16.3 Å². The fraction of sp³-hybridized carbons (Fsp3) is 0.250. The van der Waals surface area contributed by atoms with E-state index in [4.69, 9.17) is 6.42 Å². The molecule has 0 atom stereocenters. The first kappa shape index (κ1) is 14.8. The van der Waals surface area contributed by atoms with Crippen LogP contribution in [-0.4, -0.2) is 40.7 Å². The fourth-order valence-electron chi connectivity index (χ4n) is 1.98. The maximum atomic E-state index is 11.6. The van der Waals surface area contributed by atoms with Crippen LogP contribution < -0.4 is 5.32 Å². The van der Waals surface area contributed by atoms with Gasteiger partial charge >= 0.3 is 0 Å². The summed E-state index contributed by atoms with van der Waals surface area (Å²) in [6.07, 6.45) is 8.87. The van der Waals surface area contributed by atoms with E-state index < -0.39 is 0 Å². The summed E-state index contributed by atoms with van der Waals surface area (Å²) in [5, 5.41) is 6.97. The first-order valence-electron chi connectivity index (χ1n) is 6.66. The second-order valence-electron chi connectivity index (χ2n) is 4.78. The third kappa shape index (κ3) is 4.48. The van der Waals surface area contributed by atoms with E-state index in [1.54, 1.807) is 0 Å². The maximum Gasteiger partial charge on any atom is 0.234 e. The van der Waals surface area contributed by atoms with Crippen molar-refractivity contribution in [3.63, 3.8) is 0 Å². The highest BCUT2D eigenvalue weighted by atomic mass is 16.2. The van der Waals surface area contributed by atoms with Crippen LogP contribution in [0.25, 0.3) is 5.69 Å². The Morgan fingerprint density at radius 3 is 2.90 bits per heavy atom. The van der Waals surface area contributed by atoms with E-state index in [1.807, 2.05) is 59.4 Å². The van der Waals surface area contributed by atoms with E-state index in [-0.39, 0.29) is 12.5 Å². The molecule has 0 fully saturated rings. The number of terminal acetylenes is 1. The Morgan fingerprint density at radius 2 is 2.19 bits per heavy atom. The predicted molar refractivity (Wildman–Crippen MR) is 81.7 cm³/mol. The standard InChI is InChI=1S/C16H18N4O/c1-3-9-17-16(21)13-19(2)11-14-10-18-20(12-14)15-7-5-4-6-8-15/h1,4-8,10,12H,9,11,13H2,2H3,(H,17,21). The minimum atomic E-state index is -0.0779. The quantitative estimate of drug-likeness (QED) is 0.806. The molecule has 1 N–H and O–H groups in total. The molecule has 2 rings (SSSR count). The van der Waals surface area contributed by atoms with Crippen LogP contribution in [0.5, 0.6) is 0 Å². The van der Waals surface area contributed by atoms with Crippen molar-refractivity contribution in [3.05, 3.63) is 48.3 Å². The Morgan fingerprint density at radius 1 is 1.43 bits per heavy atom. The minimum Gasteiger partial charge on any atom is -0.344 e. The number of benzene rings is 1. The topological polar surface area (TPSA) is 50.2 Å². The summed E-state index contributed by atoms with van der Waals surface area (Å²) in [5.74, 6) is 2.30. The monoisotopic (exact) mass is 282 g/mol. The molecule has 0 aliphatic heterocycles. The molecule has 0 bridgehead atoms. The second-order valence-corrected chi connectivity index (χ2v) is 4.78. The molecule has 108 valence electrons. The molecule has 21 heavy (non-hydrogen) atoms. The van der Waals surface area contributed by atoms with Crippen LogP contribution in [0.15, 0.2) is 42.7 Å². The molecule has 0 spiro atoms. The van der Waals surface area contributed by atoms with Crippen LogP contribution in [0.3, 0.4) is 0 Å². The molecule has 5 heteroatoms. The second kappa shape index (κ2) is 7.27. The Balaban J connectivity index is 1.91. The summed E-state index contributed by atoms with van der Waals surface area (Å²) in [6, 6.07) is 9.90. The number of rotatable bonds is 6. The van der Waals surface area contributed by atoms with Gasteiger partial charge in [-0.2, -0.15) is 5.10 Å². The lowest BCUT2D eigenvalue weighted by Crippen LogP contribution is -2.34. The van der Waals surface area contributed by atoms with Crippen molar-refractivity contribution in [2.75, 3.05) is 20.1 Å². The number of nitrogens with one attached hydrogen (secondary N) is 1. The molecular weight excluding hydrogens is 264 g/mol. The molecule has 1 heterocycles. The third-order valence-electron chi connectivity index (χ3n) is 2.91. The van der Waals surface area contributed by atoms with E-state index in [9.17, 15) is 4.79 Å². The van der Waals surface area contributed by atoms with Crippen molar-refractivity contribution in [1.82, 2.24) is 20.0 Å². The van der Waals surface area contributed by atoms with E-state index in [1.165, 1.54) is 0 Å². The van der Waals surface area contributed by atoms with E-state index >= 15 is 0 Å². The van der Waals surface area contributed by atoms with Crippen LogP contribution in [0, 0.1) is 12.3 Å². The van der Waals surface area contributed by atoms with Gasteiger partial charge < -0.3 is 5.32 Å². The summed E-state index contributed by atoms with van der Waals surface area (Å²) in [5.41, 5.74) is 2.06. The predicted octanol–water partition coefficient (Wildman–Crippen LogP) is 1.05. The third-order valence-corrected chi connectivity index (χ3v) is 2.91. The van der Waals surface area contributed by atoms with Gasteiger partial charge in [-0.25, -0.2) is 4.68 Å². The van der Waals surface area contributed by atoms with Crippen LogP contribution in [0.2, 0.25) is 0 Å². The summed E-state index contributed by atoms with van der Waals surface area (Å²) in [7, 11) is 1.88. The van der Waals surface area contributed by atoms with Crippen molar-refractivity contribution >= 4 is 5.91 Å². The molecular formula is C16H18N4O. The van der Waals surface area contributed by atoms with Crippen LogP contribution >= 0.6 is 0 Å². The number of nitrogens with zero attached hydrogens (tertiary/aromatic N) is 3. The Hall–Kier alpha value is -2.58. The first-order valence-corrected chi connectivity index (χ1v) is 6.66. The van der Waals surface area contributed by atoms with Gasteiger partial charge in [-0.3, -0.25) is 9.69 Å². The van der Waals surface area contributed by atoms with E-state index in [0.717, 1.165) is 11.3 Å². The smallest absolute Gasteiger partial charge is 0.234 e. The summed E-state index contributed by atoms with van der Waals surface area (Å²) >= 11 is 0. The molecule has 5 nitrogen and oxygen atoms in total. The number of hydrogen-bond donors (Lipinski definition) is 1.